The number of nitrogens with zero attached hydrogens (tertiary/aromatic N) is 1. The summed E-state index contributed by atoms with van der Waals surface area (Å²) in [5.74, 6) is -4.38. The third-order valence-electron chi connectivity index (χ3n) is 4.99. The number of rotatable bonds is 6. The smallest absolute Gasteiger partial charge is 0.336 e. The van der Waals surface area contributed by atoms with Crippen LogP contribution in [0.15, 0.2) is 66.4 Å². The number of benzene rings is 2. The Kier molecular flexibility index (Phi) is 6.40. The van der Waals surface area contributed by atoms with Gasteiger partial charge >= 0.3 is 5.97 Å². The first-order valence-electron chi connectivity index (χ1n) is 9.31. The molecule has 3 rings (SSSR count). The molecule has 0 saturated heterocycles. The maximum absolute atomic E-state index is 14.1. The molecule has 1 atom stereocenters. The second-order valence-corrected chi connectivity index (χ2v) is 6.89. The van der Waals surface area contributed by atoms with Gasteiger partial charge in [0.15, 0.2) is 11.6 Å². The van der Waals surface area contributed by atoms with Gasteiger partial charge in [0, 0.05) is 23.6 Å². The molecule has 1 heterocycles. The van der Waals surface area contributed by atoms with E-state index < -0.39 is 35.2 Å². The molecule has 1 amide bonds. The molecule has 1 aliphatic rings. The molecule has 4 nitrogen and oxygen atoms in total. The normalized spacial score (nSPS) is 16.6. The van der Waals surface area contributed by atoms with Crippen LogP contribution in [0.1, 0.15) is 30.4 Å². The summed E-state index contributed by atoms with van der Waals surface area (Å²) in [7, 11) is 0. The Morgan fingerprint density at radius 1 is 1.23 bits per heavy atom. The van der Waals surface area contributed by atoms with E-state index in [1.807, 2.05) is 0 Å². The summed E-state index contributed by atoms with van der Waals surface area (Å²) in [6.45, 7) is 4.74. The van der Waals surface area contributed by atoms with Gasteiger partial charge in [-0.15, -0.1) is 0 Å². The molecule has 0 aromatic heterocycles. The molecule has 0 N–H and O–H groups in total. The Balaban J connectivity index is 2.05. The first-order valence-corrected chi connectivity index (χ1v) is 9.31. The average molecular weight is 415 g/mol. The summed E-state index contributed by atoms with van der Waals surface area (Å²) in [5.41, 5.74) is 0.840. The first-order chi connectivity index (χ1) is 14.3. The maximum atomic E-state index is 14.1. The largest absolute Gasteiger partial charge is 0.458 e. The van der Waals surface area contributed by atoms with Crippen LogP contribution < -0.4 is 0 Å². The van der Waals surface area contributed by atoms with Gasteiger partial charge < -0.3 is 9.64 Å². The van der Waals surface area contributed by atoms with Crippen LogP contribution in [-0.4, -0.2) is 23.4 Å². The summed E-state index contributed by atoms with van der Waals surface area (Å²) < 4.78 is 46.7. The minimum Gasteiger partial charge on any atom is -0.458 e. The number of esters is 1. The Morgan fingerprint density at radius 2 is 1.97 bits per heavy atom. The van der Waals surface area contributed by atoms with Crippen LogP contribution >= 0.6 is 0 Å². The molecule has 2 aromatic carbocycles. The fourth-order valence-corrected chi connectivity index (χ4v) is 3.53. The van der Waals surface area contributed by atoms with Gasteiger partial charge in [0.2, 0.25) is 5.91 Å². The zero-order chi connectivity index (χ0) is 21.8. The molecule has 0 spiro atoms. The van der Waals surface area contributed by atoms with E-state index in [0.717, 1.165) is 6.07 Å². The highest BCUT2D eigenvalue weighted by Gasteiger charge is 2.37. The third-order valence-corrected chi connectivity index (χ3v) is 4.99. The highest BCUT2D eigenvalue weighted by Crippen LogP contribution is 2.38. The van der Waals surface area contributed by atoms with E-state index in [2.05, 4.69) is 6.58 Å². The number of hydrogen-bond donors (Lipinski definition) is 0. The maximum Gasteiger partial charge on any atom is 0.336 e. The summed E-state index contributed by atoms with van der Waals surface area (Å²) in [6.07, 6.45) is 1.26. The molecule has 7 heteroatoms. The van der Waals surface area contributed by atoms with Gasteiger partial charge in [-0.25, -0.2) is 18.0 Å². The number of halogens is 3. The quantitative estimate of drug-likeness (QED) is 0.511. The van der Waals surface area contributed by atoms with Crippen molar-refractivity contribution in [3.63, 3.8) is 0 Å². The lowest BCUT2D eigenvalue weighted by Crippen LogP contribution is -2.38. The van der Waals surface area contributed by atoms with Crippen molar-refractivity contribution >= 4 is 11.9 Å². The highest BCUT2D eigenvalue weighted by molar-refractivity contribution is 5.95. The molecular formula is C23H20F3NO3. The SMILES string of the molecule is C=CCOC(=O)C1=C(C)N(Cc2cccc(F)c2F)C(=O)C[C@@H]1c1cccc(F)c1. The van der Waals surface area contributed by atoms with Crippen molar-refractivity contribution in [3.05, 3.63) is 95.0 Å². The molecule has 0 unspecified atom stereocenters. The molecule has 0 bridgehead atoms. The zero-order valence-electron chi connectivity index (χ0n) is 16.3. The fourth-order valence-electron chi connectivity index (χ4n) is 3.53. The topological polar surface area (TPSA) is 46.6 Å². The number of hydrogen-bond acceptors (Lipinski definition) is 3. The lowest BCUT2D eigenvalue weighted by molar-refractivity contribution is -0.139. The lowest BCUT2D eigenvalue weighted by atomic mass is 9.83. The van der Waals surface area contributed by atoms with Crippen molar-refractivity contribution in [3.8, 4) is 0 Å². The summed E-state index contributed by atoms with van der Waals surface area (Å²) in [5, 5.41) is 0. The van der Waals surface area contributed by atoms with Gasteiger partial charge in [0.05, 0.1) is 12.1 Å². The molecule has 30 heavy (non-hydrogen) atoms. The minimum absolute atomic E-state index is 0.0225. The number of ether oxygens (including phenoxy) is 1. The minimum atomic E-state index is -1.05. The van der Waals surface area contributed by atoms with Crippen molar-refractivity contribution in [2.45, 2.75) is 25.8 Å². The van der Waals surface area contributed by atoms with Crippen molar-refractivity contribution in [2.24, 2.45) is 0 Å². The standard InChI is InChI=1S/C23H20F3NO3/c1-3-10-30-23(29)21-14(2)27(13-16-7-5-9-19(25)22(16)26)20(28)12-18(21)15-6-4-8-17(24)11-15/h3-9,11,18H,1,10,12-13H2,2H3/t18-/m1/s1. The number of carbonyl (C=O) groups is 2. The molecule has 0 aliphatic carbocycles. The number of amides is 1. The van der Waals surface area contributed by atoms with Crippen LogP contribution in [0.5, 0.6) is 0 Å². The van der Waals surface area contributed by atoms with E-state index in [-0.39, 0.29) is 36.4 Å². The monoisotopic (exact) mass is 415 g/mol. The molecular weight excluding hydrogens is 395 g/mol. The Labute approximate surface area is 172 Å². The van der Waals surface area contributed by atoms with Gasteiger partial charge in [0.25, 0.3) is 0 Å². The molecule has 0 radical (unpaired) electrons. The molecule has 2 aromatic rings. The molecule has 1 aliphatic heterocycles. The summed E-state index contributed by atoms with van der Waals surface area (Å²) >= 11 is 0. The number of carbonyl (C=O) groups excluding carboxylic acids is 2. The van der Waals surface area contributed by atoms with E-state index in [1.165, 1.54) is 48.2 Å². The van der Waals surface area contributed by atoms with E-state index in [1.54, 1.807) is 6.07 Å². The molecule has 156 valence electrons. The third kappa shape index (κ3) is 4.30. The second kappa shape index (κ2) is 8.98. The molecule has 0 fully saturated rings. The Bertz CT molecular complexity index is 1030. The van der Waals surface area contributed by atoms with E-state index >= 15 is 0 Å². The lowest BCUT2D eigenvalue weighted by Gasteiger charge is -2.34. The Hall–Kier alpha value is -3.35. The average Bonchev–Trinajstić information content (AvgIpc) is 2.71. The van der Waals surface area contributed by atoms with Crippen LogP contribution in [0.2, 0.25) is 0 Å². The predicted octanol–water partition coefficient (Wildman–Crippen LogP) is 4.62. The van der Waals surface area contributed by atoms with Crippen LogP contribution in [0.25, 0.3) is 0 Å². The van der Waals surface area contributed by atoms with Crippen LogP contribution in [0, 0.1) is 17.5 Å². The summed E-state index contributed by atoms with van der Waals surface area (Å²) in [4.78, 5) is 26.9. The second-order valence-electron chi connectivity index (χ2n) is 6.89. The zero-order valence-corrected chi connectivity index (χ0v) is 16.3. The highest BCUT2D eigenvalue weighted by atomic mass is 19.2. The van der Waals surface area contributed by atoms with E-state index in [4.69, 9.17) is 4.74 Å². The van der Waals surface area contributed by atoms with Crippen LogP contribution in [0.3, 0.4) is 0 Å². The van der Waals surface area contributed by atoms with Gasteiger partial charge in [-0.05, 0) is 30.7 Å². The van der Waals surface area contributed by atoms with Gasteiger partial charge in [-0.1, -0.05) is 36.9 Å². The van der Waals surface area contributed by atoms with Gasteiger partial charge in [-0.3, -0.25) is 4.79 Å². The van der Waals surface area contributed by atoms with Crippen molar-refractivity contribution < 1.29 is 27.5 Å². The summed E-state index contributed by atoms with van der Waals surface area (Å²) in [6, 6.07) is 9.33. The van der Waals surface area contributed by atoms with Crippen molar-refractivity contribution in [1.82, 2.24) is 4.90 Å². The van der Waals surface area contributed by atoms with Gasteiger partial charge in [-0.2, -0.15) is 0 Å². The number of allylic oxidation sites excluding steroid dienone is 1. The molecule has 0 saturated carbocycles. The van der Waals surface area contributed by atoms with Crippen LogP contribution in [-0.2, 0) is 20.9 Å². The predicted molar refractivity (Wildman–Crippen MR) is 105 cm³/mol. The Morgan fingerprint density at radius 3 is 2.67 bits per heavy atom. The van der Waals surface area contributed by atoms with E-state index in [9.17, 15) is 22.8 Å². The van der Waals surface area contributed by atoms with Crippen molar-refractivity contribution in [2.75, 3.05) is 6.61 Å². The van der Waals surface area contributed by atoms with Crippen molar-refractivity contribution in [1.29, 1.82) is 0 Å². The van der Waals surface area contributed by atoms with Gasteiger partial charge in [0.1, 0.15) is 12.4 Å². The first kappa shape index (κ1) is 21.4. The van der Waals surface area contributed by atoms with E-state index in [0.29, 0.717) is 5.56 Å². The van der Waals surface area contributed by atoms with Crippen LogP contribution in [0.4, 0.5) is 13.2 Å². The fraction of sp³-hybridized carbons (Fsp3) is 0.217.